The van der Waals surface area contributed by atoms with Gasteiger partial charge in [-0.3, -0.25) is 0 Å². The molecule has 124 valence electrons. The highest BCUT2D eigenvalue weighted by Crippen LogP contribution is 2.49. The molecule has 2 aromatic rings. The van der Waals surface area contributed by atoms with Crippen molar-refractivity contribution < 1.29 is 9.47 Å². The summed E-state index contributed by atoms with van der Waals surface area (Å²) in [6.45, 7) is 5.39. The van der Waals surface area contributed by atoms with Crippen LogP contribution in [0.1, 0.15) is 25.0 Å². The molecule has 1 aliphatic rings. The second kappa shape index (κ2) is 8.36. The van der Waals surface area contributed by atoms with Crippen molar-refractivity contribution in [1.29, 1.82) is 0 Å². The molecule has 0 N–H and O–H groups in total. The van der Waals surface area contributed by atoms with Crippen molar-refractivity contribution in [3.63, 3.8) is 0 Å². The number of rotatable bonds is 6. The molecule has 0 bridgehead atoms. The lowest BCUT2D eigenvalue weighted by atomic mass is 10.2. The van der Waals surface area contributed by atoms with Crippen molar-refractivity contribution in [2.75, 3.05) is 13.2 Å². The number of benzene rings is 2. The van der Waals surface area contributed by atoms with Crippen LogP contribution in [0, 0.1) is 0 Å². The van der Waals surface area contributed by atoms with Crippen molar-refractivity contribution in [3.05, 3.63) is 69.3 Å². The summed E-state index contributed by atoms with van der Waals surface area (Å²) in [6, 6.07) is 16.5. The van der Waals surface area contributed by atoms with Gasteiger partial charge in [-0.25, -0.2) is 0 Å². The van der Waals surface area contributed by atoms with Gasteiger partial charge in [-0.05, 0) is 60.7 Å². The van der Waals surface area contributed by atoms with Crippen LogP contribution in [0.15, 0.2) is 58.2 Å². The van der Waals surface area contributed by atoms with Gasteiger partial charge < -0.3 is 9.47 Å². The molecule has 0 amide bonds. The van der Waals surface area contributed by atoms with E-state index in [1.54, 1.807) is 23.5 Å². The van der Waals surface area contributed by atoms with Crippen molar-refractivity contribution in [1.82, 2.24) is 0 Å². The summed E-state index contributed by atoms with van der Waals surface area (Å²) in [6.07, 6.45) is 2.21. The van der Waals surface area contributed by atoms with E-state index in [1.165, 1.54) is 20.3 Å². The van der Waals surface area contributed by atoms with Crippen LogP contribution in [0.4, 0.5) is 0 Å². The van der Waals surface area contributed by atoms with Gasteiger partial charge in [-0.15, -0.1) is 0 Å². The van der Waals surface area contributed by atoms with Crippen molar-refractivity contribution in [3.8, 4) is 11.5 Å². The van der Waals surface area contributed by atoms with E-state index in [9.17, 15) is 0 Å². The van der Waals surface area contributed by atoms with Gasteiger partial charge in [0.1, 0.15) is 11.5 Å². The molecule has 4 heteroatoms. The highest BCUT2D eigenvalue weighted by Gasteiger charge is 2.14. The molecule has 0 saturated carbocycles. The normalized spacial score (nSPS) is 15.4. The molecule has 0 atom stereocenters. The molecule has 0 fully saturated rings. The lowest BCUT2D eigenvalue weighted by Crippen LogP contribution is -1.90. The Labute approximate surface area is 151 Å². The van der Waals surface area contributed by atoms with E-state index in [1.807, 2.05) is 38.1 Å². The first kappa shape index (κ1) is 17.1. The molecule has 2 aromatic carbocycles. The maximum atomic E-state index is 5.50. The third-order valence-corrected chi connectivity index (χ3v) is 5.70. The van der Waals surface area contributed by atoms with E-state index >= 15 is 0 Å². The van der Waals surface area contributed by atoms with Crippen molar-refractivity contribution >= 4 is 34.5 Å². The molecule has 0 aromatic heterocycles. The highest BCUT2D eigenvalue weighted by atomic mass is 32.2. The van der Waals surface area contributed by atoms with Crippen molar-refractivity contribution in [2.24, 2.45) is 0 Å². The van der Waals surface area contributed by atoms with E-state index in [-0.39, 0.29) is 0 Å². The van der Waals surface area contributed by atoms with E-state index in [4.69, 9.17) is 9.47 Å². The first-order chi connectivity index (χ1) is 11.8. The summed E-state index contributed by atoms with van der Waals surface area (Å²) in [5.41, 5.74) is 2.42. The Morgan fingerprint density at radius 2 is 1.42 bits per heavy atom. The number of hydrogen-bond donors (Lipinski definition) is 0. The van der Waals surface area contributed by atoms with Gasteiger partial charge in [0.2, 0.25) is 0 Å². The SMILES string of the molecule is CCOc1ccc(/C=C2\SC=C(c3ccc(OCC)cc3)S2)cc1. The van der Waals surface area contributed by atoms with Crippen molar-refractivity contribution in [2.45, 2.75) is 13.8 Å². The Kier molecular flexibility index (Phi) is 5.94. The Morgan fingerprint density at radius 1 is 0.833 bits per heavy atom. The summed E-state index contributed by atoms with van der Waals surface area (Å²) in [5, 5.41) is 2.21. The van der Waals surface area contributed by atoms with Gasteiger partial charge in [0.15, 0.2) is 0 Å². The quantitative estimate of drug-likeness (QED) is 0.607. The van der Waals surface area contributed by atoms with Crippen LogP contribution in [0.5, 0.6) is 11.5 Å². The van der Waals surface area contributed by atoms with Gasteiger partial charge >= 0.3 is 0 Å². The van der Waals surface area contributed by atoms with Crippen LogP contribution in [0.25, 0.3) is 11.0 Å². The first-order valence-electron chi connectivity index (χ1n) is 8.01. The van der Waals surface area contributed by atoms with Gasteiger partial charge in [0, 0.05) is 9.14 Å². The monoisotopic (exact) mass is 356 g/mol. The van der Waals surface area contributed by atoms with Crippen LogP contribution in [0.2, 0.25) is 0 Å². The van der Waals surface area contributed by atoms with E-state index < -0.39 is 0 Å². The molecule has 3 rings (SSSR count). The summed E-state index contributed by atoms with van der Waals surface area (Å²) in [5.74, 6) is 1.84. The predicted octanol–water partition coefficient (Wildman–Crippen LogP) is 6.26. The standard InChI is InChI=1S/C20H20O2S2/c1-3-21-17-9-5-15(6-10-17)13-20-23-14-19(24-20)16-7-11-18(12-8-16)22-4-2/h5-14H,3-4H2,1-2H3/b20-13+. The number of thioether (sulfide) groups is 2. The van der Waals surface area contributed by atoms with Gasteiger partial charge in [-0.2, -0.15) is 0 Å². The molecule has 2 nitrogen and oxygen atoms in total. The fourth-order valence-electron chi connectivity index (χ4n) is 2.30. The molecule has 0 aliphatic carbocycles. The predicted molar refractivity (Wildman–Crippen MR) is 106 cm³/mol. The average molecular weight is 357 g/mol. The summed E-state index contributed by atoms with van der Waals surface area (Å²) < 4.78 is 12.3. The zero-order valence-corrected chi connectivity index (χ0v) is 15.5. The molecule has 1 heterocycles. The average Bonchev–Trinajstić information content (AvgIpc) is 3.06. The fraction of sp³-hybridized carbons (Fsp3) is 0.200. The Balaban J connectivity index is 1.65. The molecular weight excluding hydrogens is 336 g/mol. The maximum Gasteiger partial charge on any atom is 0.119 e. The van der Waals surface area contributed by atoms with Crippen LogP contribution in [-0.2, 0) is 0 Å². The molecule has 0 spiro atoms. The zero-order chi connectivity index (χ0) is 16.8. The molecule has 0 saturated heterocycles. The minimum Gasteiger partial charge on any atom is -0.494 e. The Morgan fingerprint density at radius 3 is 2.00 bits per heavy atom. The molecular formula is C20H20O2S2. The zero-order valence-electron chi connectivity index (χ0n) is 13.8. The van der Waals surface area contributed by atoms with Gasteiger partial charge in [0.05, 0.1) is 13.2 Å². The fourth-order valence-corrected chi connectivity index (χ4v) is 4.48. The minimum absolute atomic E-state index is 0.696. The minimum atomic E-state index is 0.696. The molecule has 0 unspecified atom stereocenters. The first-order valence-corrected chi connectivity index (χ1v) is 9.70. The second-order valence-electron chi connectivity index (χ2n) is 5.12. The third-order valence-electron chi connectivity index (χ3n) is 3.42. The summed E-state index contributed by atoms with van der Waals surface area (Å²) in [7, 11) is 0. The highest BCUT2D eigenvalue weighted by molar-refractivity contribution is 8.31. The Hall–Kier alpha value is -1.78. The van der Waals surface area contributed by atoms with E-state index in [2.05, 4.69) is 35.7 Å². The molecule has 24 heavy (non-hydrogen) atoms. The van der Waals surface area contributed by atoms with Gasteiger partial charge in [-0.1, -0.05) is 47.8 Å². The summed E-state index contributed by atoms with van der Waals surface area (Å²) in [4.78, 5) is 1.28. The van der Waals surface area contributed by atoms with E-state index in [0.717, 1.165) is 11.5 Å². The lowest BCUT2D eigenvalue weighted by Gasteiger charge is -2.05. The van der Waals surface area contributed by atoms with Crippen LogP contribution < -0.4 is 9.47 Å². The Bertz CT molecular complexity index is 731. The van der Waals surface area contributed by atoms with Gasteiger partial charge in [0.25, 0.3) is 0 Å². The summed E-state index contributed by atoms with van der Waals surface area (Å²) >= 11 is 3.57. The maximum absolute atomic E-state index is 5.50. The number of ether oxygens (including phenoxy) is 2. The topological polar surface area (TPSA) is 18.5 Å². The van der Waals surface area contributed by atoms with Crippen LogP contribution >= 0.6 is 23.5 Å². The van der Waals surface area contributed by atoms with E-state index in [0.29, 0.717) is 13.2 Å². The molecule has 0 radical (unpaired) electrons. The smallest absolute Gasteiger partial charge is 0.119 e. The largest absolute Gasteiger partial charge is 0.494 e. The van der Waals surface area contributed by atoms with Crippen LogP contribution in [0.3, 0.4) is 0 Å². The van der Waals surface area contributed by atoms with Crippen LogP contribution in [-0.4, -0.2) is 13.2 Å². The number of hydrogen-bond acceptors (Lipinski definition) is 4. The lowest BCUT2D eigenvalue weighted by molar-refractivity contribution is 0.340. The third kappa shape index (κ3) is 4.40. The second-order valence-corrected chi connectivity index (χ2v) is 7.38. The molecule has 1 aliphatic heterocycles.